The van der Waals surface area contributed by atoms with Crippen LogP contribution < -0.4 is 4.90 Å². The number of hydrogen-bond acceptors (Lipinski definition) is 2. The number of rotatable bonds is 1. The summed E-state index contributed by atoms with van der Waals surface area (Å²) in [6, 6.07) is 5.25. The summed E-state index contributed by atoms with van der Waals surface area (Å²) in [6.07, 6.45) is 2.74. The van der Waals surface area contributed by atoms with Crippen LogP contribution in [0.2, 0.25) is 5.02 Å². The number of piperazine rings is 1. The van der Waals surface area contributed by atoms with Crippen molar-refractivity contribution in [3.05, 3.63) is 28.8 Å². The zero-order valence-corrected chi connectivity index (χ0v) is 12.2. The number of anilines is 1. The molecule has 0 N–H and O–H groups in total. The molecule has 2 amide bonds. The molecule has 1 atom stereocenters. The molecule has 5 heteroatoms. The number of benzene rings is 1. The van der Waals surface area contributed by atoms with Gasteiger partial charge in [-0.25, -0.2) is 0 Å². The van der Waals surface area contributed by atoms with Crippen LogP contribution in [-0.2, 0) is 9.59 Å². The van der Waals surface area contributed by atoms with Gasteiger partial charge in [-0.05, 0) is 43.9 Å². The Morgan fingerprint density at radius 2 is 2.05 bits per heavy atom. The summed E-state index contributed by atoms with van der Waals surface area (Å²) in [4.78, 5) is 28.1. The number of amides is 2. The molecule has 0 saturated carbocycles. The highest BCUT2D eigenvalue weighted by Crippen LogP contribution is 2.31. The SMILES string of the molecule is Cc1ccc(N2CC(=O)N3CCCCC3C2=O)c(Cl)c1. The first kappa shape index (κ1) is 13.4. The molecule has 0 aliphatic carbocycles. The van der Waals surface area contributed by atoms with Crippen molar-refractivity contribution in [3.63, 3.8) is 0 Å². The molecule has 2 aliphatic rings. The minimum absolute atomic E-state index is 0.00458. The van der Waals surface area contributed by atoms with Gasteiger partial charge in [0, 0.05) is 6.54 Å². The second-order valence-electron chi connectivity index (χ2n) is 5.48. The fraction of sp³-hybridized carbons (Fsp3) is 0.467. The van der Waals surface area contributed by atoms with Crippen LogP contribution in [-0.4, -0.2) is 35.8 Å². The Kier molecular flexibility index (Phi) is 3.42. The average Bonchev–Trinajstić information content (AvgIpc) is 2.43. The van der Waals surface area contributed by atoms with E-state index in [9.17, 15) is 9.59 Å². The lowest BCUT2D eigenvalue weighted by Crippen LogP contribution is -2.61. The lowest BCUT2D eigenvalue weighted by molar-refractivity contribution is -0.144. The third-order valence-corrected chi connectivity index (χ3v) is 4.36. The smallest absolute Gasteiger partial charge is 0.250 e. The molecule has 20 heavy (non-hydrogen) atoms. The van der Waals surface area contributed by atoms with Crippen LogP contribution in [0.15, 0.2) is 18.2 Å². The normalized spacial score (nSPS) is 23.0. The summed E-state index contributed by atoms with van der Waals surface area (Å²) >= 11 is 6.23. The van der Waals surface area contributed by atoms with E-state index in [0.29, 0.717) is 17.3 Å². The van der Waals surface area contributed by atoms with E-state index in [1.54, 1.807) is 4.90 Å². The van der Waals surface area contributed by atoms with Gasteiger partial charge in [-0.15, -0.1) is 0 Å². The highest BCUT2D eigenvalue weighted by atomic mass is 35.5. The molecule has 0 radical (unpaired) electrons. The fourth-order valence-corrected chi connectivity index (χ4v) is 3.34. The van der Waals surface area contributed by atoms with Crippen molar-refractivity contribution in [2.75, 3.05) is 18.0 Å². The average molecular weight is 293 g/mol. The molecule has 1 aromatic rings. The maximum atomic E-state index is 12.6. The van der Waals surface area contributed by atoms with Gasteiger partial charge in [0.1, 0.15) is 12.6 Å². The van der Waals surface area contributed by atoms with Gasteiger partial charge in [-0.2, -0.15) is 0 Å². The lowest BCUT2D eigenvalue weighted by Gasteiger charge is -2.42. The Hall–Kier alpha value is -1.55. The van der Waals surface area contributed by atoms with E-state index < -0.39 is 0 Å². The Balaban J connectivity index is 1.94. The molecular weight excluding hydrogens is 276 g/mol. The van der Waals surface area contributed by atoms with Crippen LogP contribution >= 0.6 is 11.6 Å². The van der Waals surface area contributed by atoms with E-state index in [4.69, 9.17) is 11.6 Å². The van der Waals surface area contributed by atoms with Crippen LogP contribution in [0.5, 0.6) is 0 Å². The predicted molar refractivity (Wildman–Crippen MR) is 77.9 cm³/mol. The lowest BCUT2D eigenvalue weighted by atomic mass is 9.98. The molecule has 106 valence electrons. The van der Waals surface area contributed by atoms with E-state index in [0.717, 1.165) is 24.8 Å². The van der Waals surface area contributed by atoms with Gasteiger partial charge in [0.05, 0.1) is 10.7 Å². The van der Waals surface area contributed by atoms with Gasteiger partial charge in [0.25, 0.3) is 0 Å². The molecule has 0 aromatic heterocycles. The van der Waals surface area contributed by atoms with Gasteiger partial charge >= 0.3 is 0 Å². The highest BCUT2D eigenvalue weighted by Gasteiger charge is 2.41. The van der Waals surface area contributed by atoms with Crippen molar-refractivity contribution >= 4 is 29.1 Å². The molecular formula is C15H17ClN2O2. The summed E-state index contributed by atoms with van der Waals surface area (Å²) in [6.45, 7) is 2.74. The van der Waals surface area contributed by atoms with E-state index in [1.807, 2.05) is 25.1 Å². The summed E-state index contributed by atoms with van der Waals surface area (Å²) in [7, 11) is 0. The largest absolute Gasteiger partial charge is 0.329 e. The Bertz CT molecular complexity index is 573. The highest BCUT2D eigenvalue weighted by molar-refractivity contribution is 6.34. The maximum Gasteiger partial charge on any atom is 0.250 e. The number of carbonyl (C=O) groups is 2. The first-order valence-electron chi connectivity index (χ1n) is 6.95. The standard InChI is InChI=1S/C15H17ClN2O2/c1-10-5-6-12(11(16)8-10)18-9-14(19)17-7-3-2-4-13(17)15(18)20/h5-6,8,13H,2-4,7,9H2,1H3. The van der Waals surface area contributed by atoms with Crippen molar-refractivity contribution in [1.82, 2.24) is 4.90 Å². The van der Waals surface area contributed by atoms with E-state index >= 15 is 0 Å². The number of aryl methyl sites for hydroxylation is 1. The molecule has 3 rings (SSSR count). The quantitative estimate of drug-likeness (QED) is 0.797. The fourth-order valence-electron chi connectivity index (χ4n) is 3.01. The third kappa shape index (κ3) is 2.18. The van der Waals surface area contributed by atoms with Crippen LogP contribution in [0.1, 0.15) is 24.8 Å². The van der Waals surface area contributed by atoms with Crippen LogP contribution in [0, 0.1) is 6.92 Å². The van der Waals surface area contributed by atoms with E-state index in [1.165, 1.54) is 4.90 Å². The molecule has 2 heterocycles. The number of nitrogens with zero attached hydrogens (tertiary/aromatic N) is 2. The van der Waals surface area contributed by atoms with E-state index in [2.05, 4.69) is 0 Å². The van der Waals surface area contributed by atoms with Gasteiger partial charge in [-0.1, -0.05) is 17.7 Å². The molecule has 4 nitrogen and oxygen atoms in total. The Labute approximate surface area is 123 Å². The van der Waals surface area contributed by atoms with Gasteiger partial charge in [0.15, 0.2) is 0 Å². The van der Waals surface area contributed by atoms with Crippen molar-refractivity contribution in [2.24, 2.45) is 0 Å². The van der Waals surface area contributed by atoms with Crippen molar-refractivity contribution in [2.45, 2.75) is 32.2 Å². The molecule has 1 aromatic carbocycles. The van der Waals surface area contributed by atoms with E-state index in [-0.39, 0.29) is 24.4 Å². The first-order valence-corrected chi connectivity index (χ1v) is 7.33. The van der Waals surface area contributed by atoms with Crippen molar-refractivity contribution < 1.29 is 9.59 Å². The molecule has 2 aliphatic heterocycles. The summed E-state index contributed by atoms with van der Waals surface area (Å²) in [5.74, 6) is 0.0148. The second kappa shape index (κ2) is 5.09. The van der Waals surface area contributed by atoms with Crippen molar-refractivity contribution in [3.8, 4) is 0 Å². The summed E-state index contributed by atoms with van der Waals surface area (Å²) in [5, 5.41) is 0.524. The van der Waals surface area contributed by atoms with Gasteiger partial charge in [-0.3, -0.25) is 14.5 Å². The number of carbonyl (C=O) groups excluding carboxylic acids is 2. The zero-order chi connectivity index (χ0) is 14.3. The molecule has 2 saturated heterocycles. The van der Waals surface area contributed by atoms with Gasteiger partial charge in [0.2, 0.25) is 11.8 Å². The van der Waals surface area contributed by atoms with Crippen LogP contribution in [0.3, 0.4) is 0 Å². The van der Waals surface area contributed by atoms with Crippen molar-refractivity contribution in [1.29, 1.82) is 0 Å². The number of halogens is 1. The molecule has 0 bridgehead atoms. The molecule has 2 fully saturated rings. The monoisotopic (exact) mass is 292 g/mol. The van der Waals surface area contributed by atoms with Crippen LogP contribution in [0.25, 0.3) is 0 Å². The third-order valence-electron chi connectivity index (χ3n) is 4.06. The van der Waals surface area contributed by atoms with Gasteiger partial charge < -0.3 is 4.90 Å². The minimum atomic E-state index is -0.303. The number of piperidine rings is 1. The zero-order valence-electron chi connectivity index (χ0n) is 11.4. The predicted octanol–water partition coefficient (Wildman–Crippen LogP) is 2.38. The topological polar surface area (TPSA) is 40.6 Å². The maximum absolute atomic E-state index is 12.6. The van der Waals surface area contributed by atoms with Crippen LogP contribution in [0.4, 0.5) is 5.69 Å². The summed E-state index contributed by atoms with van der Waals surface area (Å²) in [5.41, 5.74) is 1.68. The Morgan fingerprint density at radius 1 is 1.25 bits per heavy atom. The molecule has 1 unspecified atom stereocenters. The number of fused-ring (bicyclic) bond motifs is 1. The minimum Gasteiger partial charge on any atom is -0.329 e. The number of hydrogen-bond donors (Lipinski definition) is 0. The molecule has 0 spiro atoms. The Morgan fingerprint density at radius 3 is 2.80 bits per heavy atom. The second-order valence-corrected chi connectivity index (χ2v) is 5.89. The summed E-state index contributed by atoms with van der Waals surface area (Å²) < 4.78 is 0. The first-order chi connectivity index (χ1) is 9.58.